The normalized spacial score (nSPS) is 12.0. The first-order valence-corrected chi connectivity index (χ1v) is 8.66. The van der Waals surface area contributed by atoms with Gasteiger partial charge in [0, 0.05) is 5.69 Å². The van der Waals surface area contributed by atoms with Gasteiger partial charge in [-0.05, 0) is 30.2 Å². The molecule has 2 aromatic carbocycles. The van der Waals surface area contributed by atoms with Crippen molar-refractivity contribution in [1.82, 2.24) is 10.3 Å². The molecule has 3 aromatic rings. The predicted octanol–water partition coefficient (Wildman–Crippen LogP) is 3.72. The standard InChI is InChI=1S/C20H21N3O4/c1-13(2)18(23-20(25)21-14-8-4-3-5-9-14)19(24)26-12-17-22-15-10-6-7-11-16(15)27-17/h3-11,13,18H,12H2,1-2H3,(H2,21,23,25)/t18-/m0/s1. The molecular weight excluding hydrogens is 346 g/mol. The molecule has 0 saturated heterocycles. The van der Waals surface area contributed by atoms with Gasteiger partial charge in [-0.3, -0.25) is 0 Å². The van der Waals surface area contributed by atoms with Crippen molar-refractivity contribution in [2.75, 3.05) is 5.32 Å². The molecule has 140 valence electrons. The number of fused-ring (bicyclic) bond motifs is 1. The van der Waals surface area contributed by atoms with Crippen LogP contribution in [0.3, 0.4) is 0 Å². The van der Waals surface area contributed by atoms with Crippen molar-refractivity contribution in [3.8, 4) is 0 Å². The van der Waals surface area contributed by atoms with E-state index in [0.717, 1.165) is 0 Å². The van der Waals surface area contributed by atoms with Gasteiger partial charge >= 0.3 is 12.0 Å². The number of ether oxygens (including phenoxy) is 1. The molecule has 1 aromatic heterocycles. The monoisotopic (exact) mass is 367 g/mol. The first-order chi connectivity index (χ1) is 13.0. The van der Waals surface area contributed by atoms with Gasteiger partial charge in [0.25, 0.3) is 0 Å². The van der Waals surface area contributed by atoms with Crippen LogP contribution in [0.1, 0.15) is 19.7 Å². The fourth-order valence-electron chi connectivity index (χ4n) is 2.53. The number of nitrogens with zero attached hydrogens (tertiary/aromatic N) is 1. The number of urea groups is 1. The fraction of sp³-hybridized carbons (Fsp3) is 0.250. The molecule has 0 bridgehead atoms. The van der Waals surface area contributed by atoms with E-state index in [4.69, 9.17) is 9.15 Å². The Kier molecular flexibility index (Phi) is 5.71. The smallest absolute Gasteiger partial charge is 0.329 e. The fourth-order valence-corrected chi connectivity index (χ4v) is 2.53. The summed E-state index contributed by atoms with van der Waals surface area (Å²) in [6, 6.07) is 15.0. The Labute approximate surface area is 156 Å². The zero-order valence-electron chi connectivity index (χ0n) is 15.1. The van der Waals surface area contributed by atoms with E-state index in [1.807, 2.05) is 50.2 Å². The minimum atomic E-state index is -0.793. The molecule has 0 aliphatic heterocycles. The van der Waals surface area contributed by atoms with Gasteiger partial charge < -0.3 is 19.8 Å². The Morgan fingerprint density at radius 2 is 1.78 bits per heavy atom. The van der Waals surface area contributed by atoms with E-state index < -0.39 is 18.0 Å². The molecule has 2 amide bonds. The number of benzene rings is 2. The summed E-state index contributed by atoms with van der Waals surface area (Å²) >= 11 is 0. The second-order valence-corrected chi connectivity index (χ2v) is 6.37. The Bertz CT molecular complexity index is 888. The van der Waals surface area contributed by atoms with Crippen LogP contribution in [0.2, 0.25) is 0 Å². The number of oxazole rings is 1. The second-order valence-electron chi connectivity index (χ2n) is 6.37. The lowest BCUT2D eigenvalue weighted by Gasteiger charge is -2.20. The number of nitrogens with one attached hydrogen (secondary N) is 2. The van der Waals surface area contributed by atoms with Crippen LogP contribution in [0.25, 0.3) is 11.1 Å². The summed E-state index contributed by atoms with van der Waals surface area (Å²) in [6.07, 6.45) is 0. The molecule has 0 saturated carbocycles. The van der Waals surface area contributed by atoms with Crippen LogP contribution >= 0.6 is 0 Å². The Balaban J connectivity index is 1.58. The summed E-state index contributed by atoms with van der Waals surface area (Å²) in [5.74, 6) is -0.390. The Morgan fingerprint density at radius 1 is 1.07 bits per heavy atom. The van der Waals surface area contributed by atoms with Crippen molar-refractivity contribution >= 4 is 28.8 Å². The van der Waals surface area contributed by atoms with Gasteiger partial charge in [0.2, 0.25) is 5.89 Å². The van der Waals surface area contributed by atoms with Crippen LogP contribution < -0.4 is 10.6 Å². The molecule has 0 aliphatic rings. The third-order valence-corrected chi connectivity index (χ3v) is 3.91. The predicted molar refractivity (Wildman–Crippen MR) is 101 cm³/mol. The van der Waals surface area contributed by atoms with Gasteiger partial charge in [-0.15, -0.1) is 0 Å². The number of carbonyl (C=O) groups excluding carboxylic acids is 2. The highest BCUT2D eigenvalue weighted by Crippen LogP contribution is 2.16. The quantitative estimate of drug-likeness (QED) is 0.648. The summed E-state index contributed by atoms with van der Waals surface area (Å²) in [7, 11) is 0. The van der Waals surface area contributed by atoms with E-state index in [0.29, 0.717) is 22.7 Å². The summed E-state index contributed by atoms with van der Waals surface area (Å²) in [5.41, 5.74) is 1.96. The summed E-state index contributed by atoms with van der Waals surface area (Å²) in [4.78, 5) is 28.9. The molecule has 7 nitrogen and oxygen atoms in total. The van der Waals surface area contributed by atoms with Crippen molar-refractivity contribution in [3.63, 3.8) is 0 Å². The van der Waals surface area contributed by atoms with Crippen LogP contribution in [-0.4, -0.2) is 23.0 Å². The first kappa shape index (κ1) is 18.4. The highest BCUT2D eigenvalue weighted by atomic mass is 16.5. The molecule has 0 spiro atoms. The van der Waals surface area contributed by atoms with Gasteiger partial charge in [0.15, 0.2) is 12.2 Å². The molecule has 0 radical (unpaired) electrons. The van der Waals surface area contributed by atoms with Crippen LogP contribution in [0, 0.1) is 5.92 Å². The molecule has 7 heteroatoms. The number of anilines is 1. The average Bonchev–Trinajstić information content (AvgIpc) is 3.08. The number of hydrogen-bond donors (Lipinski definition) is 2. The van der Waals surface area contributed by atoms with Gasteiger partial charge in [-0.25, -0.2) is 14.6 Å². The summed E-state index contributed by atoms with van der Waals surface area (Å²) in [5, 5.41) is 5.34. The van der Waals surface area contributed by atoms with E-state index in [1.165, 1.54) is 0 Å². The topological polar surface area (TPSA) is 93.5 Å². The first-order valence-electron chi connectivity index (χ1n) is 8.66. The zero-order chi connectivity index (χ0) is 19.2. The maximum atomic E-state index is 12.4. The van der Waals surface area contributed by atoms with Crippen LogP contribution in [-0.2, 0) is 16.1 Å². The number of aromatic nitrogens is 1. The lowest BCUT2D eigenvalue weighted by molar-refractivity contribution is -0.149. The van der Waals surface area contributed by atoms with Crippen molar-refractivity contribution in [2.45, 2.75) is 26.5 Å². The van der Waals surface area contributed by atoms with Crippen LogP contribution in [0.5, 0.6) is 0 Å². The molecule has 0 unspecified atom stereocenters. The lowest BCUT2D eigenvalue weighted by atomic mass is 10.1. The van der Waals surface area contributed by atoms with E-state index in [9.17, 15) is 9.59 Å². The third kappa shape index (κ3) is 4.84. The van der Waals surface area contributed by atoms with E-state index in [1.54, 1.807) is 18.2 Å². The number of rotatable bonds is 6. The van der Waals surface area contributed by atoms with Gasteiger partial charge in [-0.2, -0.15) is 0 Å². The largest absolute Gasteiger partial charge is 0.454 e. The molecule has 3 rings (SSSR count). The summed E-state index contributed by atoms with van der Waals surface area (Å²) < 4.78 is 10.8. The van der Waals surface area contributed by atoms with E-state index >= 15 is 0 Å². The maximum Gasteiger partial charge on any atom is 0.329 e. The molecule has 0 fully saturated rings. The van der Waals surface area contributed by atoms with Crippen LogP contribution in [0.4, 0.5) is 10.5 Å². The third-order valence-electron chi connectivity index (χ3n) is 3.91. The van der Waals surface area contributed by atoms with Crippen molar-refractivity contribution in [2.24, 2.45) is 5.92 Å². The molecule has 1 heterocycles. The van der Waals surface area contributed by atoms with Crippen LogP contribution in [0.15, 0.2) is 59.0 Å². The summed E-state index contributed by atoms with van der Waals surface area (Å²) in [6.45, 7) is 3.56. The van der Waals surface area contributed by atoms with Gasteiger partial charge in [0.1, 0.15) is 11.6 Å². The second kappa shape index (κ2) is 8.35. The highest BCUT2D eigenvalue weighted by Gasteiger charge is 2.26. The molecule has 1 atom stereocenters. The lowest BCUT2D eigenvalue weighted by Crippen LogP contribution is -2.47. The SMILES string of the molecule is CC(C)[C@H](NC(=O)Nc1ccccc1)C(=O)OCc1nc2ccccc2o1. The highest BCUT2D eigenvalue weighted by molar-refractivity contribution is 5.92. The molecule has 27 heavy (non-hydrogen) atoms. The van der Waals surface area contributed by atoms with Gasteiger partial charge in [-0.1, -0.05) is 44.2 Å². The Hall–Kier alpha value is -3.35. The minimum absolute atomic E-state index is 0.0985. The number of amides is 2. The number of carbonyl (C=O) groups is 2. The minimum Gasteiger partial charge on any atom is -0.454 e. The van der Waals surface area contributed by atoms with E-state index in [-0.39, 0.29) is 12.5 Å². The van der Waals surface area contributed by atoms with E-state index in [2.05, 4.69) is 15.6 Å². The zero-order valence-corrected chi connectivity index (χ0v) is 15.1. The maximum absolute atomic E-state index is 12.4. The van der Waals surface area contributed by atoms with Gasteiger partial charge in [0.05, 0.1) is 0 Å². The molecular formula is C20H21N3O4. The average molecular weight is 367 g/mol. The Morgan fingerprint density at radius 3 is 2.48 bits per heavy atom. The van der Waals surface area contributed by atoms with Crippen molar-refractivity contribution in [1.29, 1.82) is 0 Å². The molecule has 0 aliphatic carbocycles. The molecule has 2 N–H and O–H groups in total. The van der Waals surface area contributed by atoms with Crippen molar-refractivity contribution in [3.05, 3.63) is 60.5 Å². The van der Waals surface area contributed by atoms with Crippen molar-refractivity contribution < 1.29 is 18.7 Å². The number of para-hydroxylation sites is 3. The number of esters is 1. The number of hydrogen-bond acceptors (Lipinski definition) is 5.